The normalized spacial score (nSPS) is 12.4. The molecule has 3 heteroatoms. The lowest BCUT2D eigenvalue weighted by Crippen LogP contribution is -2.13. The third-order valence-corrected chi connectivity index (χ3v) is 3.90. The number of nitrogens with two attached hydrogens (primary N) is 1. The Balaban J connectivity index is 2.61. The Morgan fingerprint density at radius 2 is 2.11 bits per heavy atom. The third kappa shape index (κ3) is 4.62. The third-order valence-electron chi connectivity index (χ3n) is 3.28. The van der Waals surface area contributed by atoms with E-state index in [1.807, 2.05) is 18.2 Å². The summed E-state index contributed by atoms with van der Waals surface area (Å²) in [6.45, 7) is 5.76. The Hall–Kier alpha value is -0.540. The van der Waals surface area contributed by atoms with E-state index in [0.717, 1.165) is 22.4 Å². The minimum atomic E-state index is 0.514. The fourth-order valence-corrected chi connectivity index (χ4v) is 2.50. The Bertz CT molecular complexity index is 354. The van der Waals surface area contributed by atoms with Crippen molar-refractivity contribution < 1.29 is 4.74 Å². The molecule has 0 saturated heterocycles. The molecule has 0 aliphatic heterocycles. The first kappa shape index (κ1) is 15.5. The summed E-state index contributed by atoms with van der Waals surface area (Å²) in [5.74, 6) is 1.55. The summed E-state index contributed by atoms with van der Waals surface area (Å²) >= 11 is 3.53. The van der Waals surface area contributed by atoms with Crippen LogP contribution in [0.2, 0.25) is 0 Å². The van der Waals surface area contributed by atoms with Crippen molar-refractivity contribution in [2.45, 2.75) is 46.1 Å². The molecule has 0 saturated carbocycles. The summed E-state index contributed by atoms with van der Waals surface area (Å²) in [5.41, 5.74) is 6.80. The number of hydrogen-bond acceptors (Lipinski definition) is 2. The minimum absolute atomic E-state index is 0.514. The number of benzene rings is 1. The Kier molecular flexibility index (Phi) is 7.36. The number of halogens is 1. The molecule has 0 aromatic heterocycles. The van der Waals surface area contributed by atoms with Gasteiger partial charge in [0.15, 0.2) is 0 Å². The van der Waals surface area contributed by atoms with Crippen molar-refractivity contribution in [3.8, 4) is 5.75 Å². The molecule has 0 spiro atoms. The average molecular weight is 314 g/mol. The molecule has 0 radical (unpaired) electrons. The molecular formula is C15H24BrNO. The molecule has 1 rings (SSSR count). The Morgan fingerprint density at radius 1 is 1.33 bits per heavy atom. The second-order valence-corrected chi connectivity index (χ2v) is 5.51. The summed E-state index contributed by atoms with van der Waals surface area (Å²) < 4.78 is 6.98. The van der Waals surface area contributed by atoms with Crippen LogP contribution in [0.25, 0.3) is 0 Å². The molecule has 0 bridgehead atoms. The molecule has 18 heavy (non-hydrogen) atoms. The highest BCUT2D eigenvalue weighted by Crippen LogP contribution is 2.29. The van der Waals surface area contributed by atoms with Crippen LogP contribution in [0.3, 0.4) is 0 Å². The highest BCUT2D eigenvalue weighted by Gasteiger charge is 2.11. The van der Waals surface area contributed by atoms with E-state index < -0.39 is 0 Å². The highest BCUT2D eigenvalue weighted by molar-refractivity contribution is 9.10. The van der Waals surface area contributed by atoms with Crippen molar-refractivity contribution in [2.75, 3.05) is 6.61 Å². The zero-order valence-corrected chi connectivity index (χ0v) is 13.0. The van der Waals surface area contributed by atoms with Gasteiger partial charge in [0.05, 0.1) is 11.1 Å². The molecule has 1 aromatic rings. The van der Waals surface area contributed by atoms with Crippen molar-refractivity contribution in [3.05, 3.63) is 28.2 Å². The first-order chi connectivity index (χ1) is 8.72. The average Bonchev–Trinajstić information content (AvgIpc) is 2.40. The SMILES string of the molecule is CCCCC(CC)COc1c(Br)cccc1CN. The second kappa shape index (κ2) is 8.54. The zero-order valence-electron chi connectivity index (χ0n) is 11.4. The fourth-order valence-electron chi connectivity index (χ4n) is 1.98. The molecule has 1 aromatic carbocycles. The molecule has 1 atom stereocenters. The van der Waals surface area contributed by atoms with Crippen LogP contribution in [0.5, 0.6) is 5.75 Å². The topological polar surface area (TPSA) is 35.2 Å². The van der Waals surface area contributed by atoms with E-state index in [2.05, 4.69) is 29.8 Å². The smallest absolute Gasteiger partial charge is 0.137 e. The zero-order chi connectivity index (χ0) is 13.4. The molecule has 2 nitrogen and oxygen atoms in total. The van der Waals surface area contributed by atoms with E-state index in [1.165, 1.54) is 25.7 Å². The van der Waals surface area contributed by atoms with E-state index in [1.54, 1.807) is 0 Å². The van der Waals surface area contributed by atoms with Gasteiger partial charge in [-0.1, -0.05) is 45.2 Å². The maximum Gasteiger partial charge on any atom is 0.137 e. The summed E-state index contributed by atoms with van der Waals surface area (Å²) in [5, 5.41) is 0. The molecule has 0 fully saturated rings. The summed E-state index contributed by atoms with van der Waals surface area (Å²) in [4.78, 5) is 0. The monoisotopic (exact) mass is 313 g/mol. The quantitative estimate of drug-likeness (QED) is 0.766. The second-order valence-electron chi connectivity index (χ2n) is 4.66. The summed E-state index contributed by atoms with van der Waals surface area (Å²) in [6.07, 6.45) is 4.94. The van der Waals surface area contributed by atoms with E-state index in [-0.39, 0.29) is 0 Å². The summed E-state index contributed by atoms with van der Waals surface area (Å²) in [7, 11) is 0. The van der Waals surface area contributed by atoms with Crippen molar-refractivity contribution in [3.63, 3.8) is 0 Å². The molecular weight excluding hydrogens is 290 g/mol. The molecule has 1 unspecified atom stereocenters. The molecule has 102 valence electrons. The van der Waals surface area contributed by atoms with Gasteiger partial charge in [-0.15, -0.1) is 0 Å². The number of rotatable bonds is 8. The van der Waals surface area contributed by atoms with Crippen LogP contribution in [0.4, 0.5) is 0 Å². The molecule has 0 aliphatic rings. The number of ether oxygens (including phenoxy) is 1. The van der Waals surface area contributed by atoms with Crippen LogP contribution in [0, 0.1) is 5.92 Å². The van der Waals surface area contributed by atoms with Crippen molar-refractivity contribution >= 4 is 15.9 Å². The number of para-hydroxylation sites is 1. The Labute approximate surface area is 119 Å². The van der Waals surface area contributed by atoms with Gasteiger partial charge in [-0.2, -0.15) is 0 Å². The van der Waals surface area contributed by atoms with Crippen LogP contribution in [0.15, 0.2) is 22.7 Å². The summed E-state index contributed by atoms with van der Waals surface area (Å²) in [6, 6.07) is 6.02. The van der Waals surface area contributed by atoms with E-state index >= 15 is 0 Å². The van der Waals surface area contributed by atoms with E-state index in [4.69, 9.17) is 10.5 Å². The highest BCUT2D eigenvalue weighted by atomic mass is 79.9. The first-order valence-corrected chi connectivity index (χ1v) is 7.62. The predicted octanol–water partition coefficient (Wildman–Crippen LogP) is 4.50. The lowest BCUT2D eigenvalue weighted by atomic mass is 10.0. The predicted molar refractivity (Wildman–Crippen MR) is 80.8 cm³/mol. The van der Waals surface area contributed by atoms with E-state index in [9.17, 15) is 0 Å². The number of hydrogen-bond donors (Lipinski definition) is 1. The van der Waals surface area contributed by atoms with Gasteiger partial charge in [0.25, 0.3) is 0 Å². The van der Waals surface area contributed by atoms with Gasteiger partial charge in [0, 0.05) is 12.1 Å². The largest absolute Gasteiger partial charge is 0.492 e. The lowest BCUT2D eigenvalue weighted by Gasteiger charge is -2.18. The van der Waals surface area contributed by atoms with Gasteiger partial charge in [-0.05, 0) is 34.3 Å². The fraction of sp³-hybridized carbons (Fsp3) is 0.600. The maximum atomic E-state index is 5.98. The van der Waals surface area contributed by atoms with Gasteiger partial charge >= 0.3 is 0 Å². The standard InChI is InChI=1S/C15H24BrNO/c1-3-5-7-12(4-2)11-18-15-13(10-17)8-6-9-14(15)16/h6,8-9,12H,3-5,7,10-11,17H2,1-2H3. The van der Waals surface area contributed by atoms with Crippen LogP contribution in [-0.4, -0.2) is 6.61 Å². The first-order valence-electron chi connectivity index (χ1n) is 6.83. The van der Waals surface area contributed by atoms with Crippen LogP contribution >= 0.6 is 15.9 Å². The van der Waals surface area contributed by atoms with Gasteiger partial charge < -0.3 is 10.5 Å². The maximum absolute atomic E-state index is 5.98. The van der Waals surface area contributed by atoms with Crippen LogP contribution in [0.1, 0.15) is 45.1 Å². The van der Waals surface area contributed by atoms with Crippen molar-refractivity contribution in [1.29, 1.82) is 0 Å². The molecule has 0 amide bonds. The molecule has 0 heterocycles. The minimum Gasteiger partial charge on any atom is -0.492 e. The van der Waals surface area contributed by atoms with E-state index in [0.29, 0.717) is 12.5 Å². The molecule has 0 aliphatic carbocycles. The molecule has 2 N–H and O–H groups in total. The van der Waals surface area contributed by atoms with Crippen molar-refractivity contribution in [1.82, 2.24) is 0 Å². The van der Waals surface area contributed by atoms with Gasteiger partial charge in [-0.25, -0.2) is 0 Å². The lowest BCUT2D eigenvalue weighted by molar-refractivity contribution is 0.230. The Morgan fingerprint density at radius 3 is 2.72 bits per heavy atom. The van der Waals surface area contributed by atoms with Gasteiger partial charge in [-0.3, -0.25) is 0 Å². The van der Waals surface area contributed by atoms with Crippen LogP contribution < -0.4 is 10.5 Å². The van der Waals surface area contributed by atoms with Gasteiger partial charge in [0.1, 0.15) is 5.75 Å². The van der Waals surface area contributed by atoms with Gasteiger partial charge in [0.2, 0.25) is 0 Å². The van der Waals surface area contributed by atoms with Crippen molar-refractivity contribution in [2.24, 2.45) is 11.7 Å². The van der Waals surface area contributed by atoms with Crippen LogP contribution in [-0.2, 0) is 6.54 Å². The number of unbranched alkanes of at least 4 members (excludes halogenated alkanes) is 1.